The topological polar surface area (TPSA) is 236 Å². The number of aromatic amines is 1. The Hall–Kier alpha value is -2.72. The van der Waals surface area contributed by atoms with Crippen molar-refractivity contribution in [3.05, 3.63) is 67.4 Å². The van der Waals surface area contributed by atoms with Gasteiger partial charge < -0.3 is 29.2 Å². The molecule has 3 heterocycles. The number of H-pyrrole nitrogens is 1. The van der Waals surface area contributed by atoms with Crippen LogP contribution in [0.15, 0.2) is 40.1 Å². The summed E-state index contributed by atoms with van der Waals surface area (Å²) in [5, 5.41) is 21.5. The van der Waals surface area contributed by atoms with Crippen LogP contribution in [-0.4, -0.2) is 112 Å². The molecule has 20 heteroatoms. The molecular weight excluding hydrogens is 704 g/mol. The molecule has 1 aromatic heterocycles. The molecule has 3 N–H and O–H groups in total. The summed E-state index contributed by atoms with van der Waals surface area (Å²) in [5.41, 5.74) is -5.46. The standard InChI is InChI=1S/C28H37ClN2O15S2/c1-16-11-31(26(36)30-25(16)35)28(10-20(33)21(12-32)45-28)24-19(9-22(34)41-2)23(42-13-17-5-7-18(29)8-6-17)27(46-24,14-43-47(3,37)38)15-44-48(4,39)40/h5-8,11,19-21,23-24,32-33H,9-10,12-15H2,1-4H3,(H,30,35,36)/t19-,20+,21-,23+,24?,28+/m1/s1. The van der Waals surface area contributed by atoms with Gasteiger partial charge in [-0.05, 0) is 24.6 Å². The molecule has 2 aliphatic rings. The molecule has 0 saturated carbocycles. The second-order valence-electron chi connectivity index (χ2n) is 11.7. The minimum atomic E-state index is -4.23. The Balaban J connectivity index is 1.99. The maximum Gasteiger partial charge on any atom is 0.330 e. The van der Waals surface area contributed by atoms with Crippen LogP contribution >= 0.6 is 11.6 Å². The van der Waals surface area contributed by atoms with Crippen LogP contribution in [0.1, 0.15) is 24.0 Å². The summed E-state index contributed by atoms with van der Waals surface area (Å²) in [6, 6.07) is 6.41. The van der Waals surface area contributed by atoms with Crippen molar-refractivity contribution in [2.75, 3.05) is 39.4 Å². The first-order valence-corrected chi connectivity index (χ1v) is 18.4. The molecule has 2 aromatic rings. The molecule has 4 rings (SSSR count). The Bertz CT molecular complexity index is 1780. The quantitative estimate of drug-likeness (QED) is 0.158. The molecule has 0 aliphatic carbocycles. The zero-order valence-electron chi connectivity index (χ0n) is 26.4. The number of hydrogen-bond acceptors (Lipinski definition) is 15. The molecule has 0 radical (unpaired) electrons. The van der Waals surface area contributed by atoms with Crippen LogP contribution in [-0.2, 0) is 64.7 Å². The molecule has 2 aliphatic heterocycles. The van der Waals surface area contributed by atoms with E-state index in [0.717, 1.165) is 30.4 Å². The maximum atomic E-state index is 13.4. The van der Waals surface area contributed by atoms with E-state index in [1.54, 1.807) is 24.3 Å². The average molecular weight is 741 g/mol. The second-order valence-corrected chi connectivity index (χ2v) is 15.5. The Labute approximate surface area is 280 Å². The largest absolute Gasteiger partial charge is 0.469 e. The number of nitrogens with zero attached hydrogens (tertiary/aromatic N) is 1. The molecule has 0 bridgehead atoms. The third kappa shape index (κ3) is 8.52. The zero-order valence-corrected chi connectivity index (χ0v) is 28.7. The smallest absolute Gasteiger partial charge is 0.330 e. The lowest BCUT2D eigenvalue weighted by Gasteiger charge is -2.39. The highest BCUT2D eigenvalue weighted by molar-refractivity contribution is 7.86. The summed E-state index contributed by atoms with van der Waals surface area (Å²) in [5.74, 6) is -2.10. The number of hydrogen-bond donors (Lipinski definition) is 3. The first-order valence-electron chi connectivity index (χ1n) is 14.4. The highest BCUT2D eigenvalue weighted by Gasteiger charge is 2.66. The van der Waals surface area contributed by atoms with Gasteiger partial charge in [0.2, 0.25) is 0 Å². The number of carbonyl (C=O) groups is 1. The number of aliphatic hydroxyl groups is 2. The van der Waals surface area contributed by atoms with E-state index in [2.05, 4.69) is 4.98 Å². The van der Waals surface area contributed by atoms with Gasteiger partial charge in [0.1, 0.15) is 31.0 Å². The van der Waals surface area contributed by atoms with Gasteiger partial charge in [-0.1, -0.05) is 23.7 Å². The van der Waals surface area contributed by atoms with E-state index in [-0.39, 0.29) is 12.2 Å². The number of nitrogens with one attached hydrogen (secondary N) is 1. The third-order valence-electron chi connectivity index (χ3n) is 8.10. The fourth-order valence-electron chi connectivity index (χ4n) is 5.90. The van der Waals surface area contributed by atoms with Gasteiger partial charge in [0.25, 0.3) is 25.8 Å². The number of aromatic nitrogens is 2. The van der Waals surface area contributed by atoms with Crippen LogP contribution in [0.3, 0.4) is 0 Å². The number of esters is 1. The first kappa shape index (κ1) is 38.1. The summed E-state index contributed by atoms with van der Waals surface area (Å²) in [4.78, 5) is 40.9. The Kier molecular flexibility index (Phi) is 11.6. The van der Waals surface area contributed by atoms with E-state index in [4.69, 9.17) is 38.9 Å². The summed E-state index contributed by atoms with van der Waals surface area (Å²) in [7, 11) is -7.36. The van der Waals surface area contributed by atoms with E-state index in [1.165, 1.54) is 6.92 Å². The molecule has 6 atom stereocenters. The number of ether oxygens (including phenoxy) is 4. The van der Waals surface area contributed by atoms with E-state index in [9.17, 15) is 41.4 Å². The van der Waals surface area contributed by atoms with Gasteiger partial charge in [-0.3, -0.25) is 27.5 Å². The number of rotatable bonds is 14. The van der Waals surface area contributed by atoms with Crippen LogP contribution in [0, 0.1) is 12.8 Å². The van der Waals surface area contributed by atoms with Crippen molar-refractivity contribution < 1.29 is 59.2 Å². The molecule has 48 heavy (non-hydrogen) atoms. The SMILES string of the molecule is COC(=O)C[C@H]1C([C@]2(n3cc(C)c(=O)[nH]c3=O)C[C@H](O)[C@@H](CO)O2)OC(COS(C)(=O)=O)(COS(C)(=O)=O)[C@H]1OCc1ccc(Cl)cc1. The van der Waals surface area contributed by atoms with Gasteiger partial charge in [-0.2, -0.15) is 16.8 Å². The average Bonchev–Trinajstić information content (AvgIpc) is 3.50. The lowest BCUT2D eigenvalue weighted by molar-refractivity contribution is -0.223. The lowest BCUT2D eigenvalue weighted by atomic mass is 9.82. The molecule has 2 fully saturated rings. The van der Waals surface area contributed by atoms with Crippen molar-refractivity contribution in [3.63, 3.8) is 0 Å². The van der Waals surface area contributed by atoms with Crippen molar-refractivity contribution in [1.82, 2.24) is 9.55 Å². The minimum Gasteiger partial charge on any atom is -0.469 e. The number of aliphatic hydroxyl groups excluding tert-OH is 2. The Morgan fingerprint density at radius 2 is 1.69 bits per heavy atom. The highest BCUT2D eigenvalue weighted by Crippen LogP contribution is 2.51. The first-order chi connectivity index (χ1) is 22.3. The van der Waals surface area contributed by atoms with E-state index >= 15 is 0 Å². The number of aryl methyl sites for hydroxylation is 1. The summed E-state index contributed by atoms with van der Waals surface area (Å²) < 4.78 is 84.3. The van der Waals surface area contributed by atoms with Gasteiger partial charge >= 0.3 is 11.7 Å². The highest BCUT2D eigenvalue weighted by atomic mass is 35.5. The fraction of sp³-hybridized carbons (Fsp3) is 0.607. The predicted molar refractivity (Wildman–Crippen MR) is 166 cm³/mol. The number of benzene rings is 1. The molecule has 2 saturated heterocycles. The predicted octanol–water partition coefficient (Wildman–Crippen LogP) is -0.852. The summed E-state index contributed by atoms with van der Waals surface area (Å²) in [6.45, 7) is -1.39. The Morgan fingerprint density at radius 3 is 2.21 bits per heavy atom. The van der Waals surface area contributed by atoms with Crippen molar-refractivity contribution in [3.8, 4) is 0 Å². The second kappa shape index (κ2) is 14.6. The molecule has 17 nitrogen and oxygen atoms in total. The van der Waals surface area contributed by atoms with Gasteiger partial charge in [0.05, 0.1) is 51.5 Å². The van der Waals surface area contributed by atoms with Gasteiger partial charge in [0, 0.05) is 29.1 Å². The van der Waals surface area contributed by atoms with Crippen LogP contribution < -0.4 is 11.2 Å². The maximum absolute atomic E-state index is 13.4. The number of halogens is 1. The van der Waals surface area contributed by atoms with Crippen LogP contribution in [0.4, 0.5) is 0 Å². The summed E-state index contributed by atoms with van der Waals surface area (Å²) in [6.07, 6.45) is -4.19. The molecule has 268 valence electrons. The van der Waals surface area contributed by atoms with Crippen molar-refractivity contribution in [1.29, 1.82) is 0 Å². The summed E-state index contributed by atoms with van der Waals surface area (Å²) >= 11 is 6.02. The molecule has 1 unspecified atom stereocenters. The normalized spacial score (nSPS) is 27.3. The minimum absolute atomic E-state index is 0.0321. The van der Waals surface area contributed by atoms with E-state index in [0.29, 0.717) is 10.6 Å². The molecule has 0 amide bonds. The van der Waals surface area contributed by atoms with Crippen molar-refractivity contribution >= 4 is 37.8 Å². The third-order valence-corrected chi connectivity index (χ3v) is 9.45. The van der Waals surface area contributed by atoms with Gasteiger partial charge in [-0.25, -0.2) is 4.79 Å². The fourth-order valence-corrected chi connectivity index (χ4v) is 6.86. The van der Waals surface area contributed by atoms with Crippen LogP contribution in [0.2, 0.25) is 5.02 Å². The van der Waals surface area contributed by atoms with Gasteiger partial charge in [0.15, 0.2) is 5.72 Å². The van der Waals surface area contributed by atoms with E-state index in [1.807, 2.05) is 0 Å². The van der Waals surface area contributed by atoms with Gasteiger partial charge in [-0.15, -0.1) is 0 Å². The monoisotopic (exact) mass is 740 g/mol. The van der Waals surface area contributed by atoms with Crippen molar-refractivity contribution in [2.24, 2.45) is 5.92 Å². The molecular formula is C28H37ClN2O15S2. The molecule has 1 aromatic carbocycles. The van der Waals surface area contributed by atoms with Crippen LogP contribution in [0.5, 0.6) is 0 Å². The van der Waals surface area contributed by atoms with Crippen LogP contribution in [0.25, 0.3) is 0 Å². The Morgan fingerprint density at radius 1 is 1.08 bits per heavy atom. The van der Waals surface area contributed by atoms with Crippen molar-refractivity contribution in [2.45, 2.75) is 62.1 Å². The lowest BCUT2D eigenvalue weighted by Crippen LogP contribution is -2.55. The zero-order chi connectivity index (χ0) is 35.7. The molecule has 0 spiro atoms. The number of methoxy groups -OCH3 is 1. The van der Waals surface area contributed by atoms with E-state index < -0.39 is 112 Å². The number of carbonyl (C=O) groups excluding carboxylic acids is 1.